The van der Waals surface area contributed by atoms with Crippen LogP contribution in [-0.2, 0) is 4.74 Å². The van der Waals surface area contributed by atoms with Crippen LogP contribution in [0.3, 0.4) is 0 Å². The fraction of sp³-hybridized carbons (Fsp3) is 1.00. The van der Waals surface area contributed by atoms with Gasteiger partial charge in [0, 0.05) is 18.6 Å². The first-order valence-electron chi connectivity index (χ1n) is 6.77. The predicted molar refractivity (Wildman–Crippen MR) is 75.5 cm³/mol. The lowest BCUT2D eigenvalue weighted by Crippen LogP contribution is -2.35. The number of rotatable bonds is 10. The summed E-state index contributed by atoms with van der Waals surface area (Å²) in [5, 5.41) is 3.50. The minimum absolute atomic E-state index is 0.229. The van der Waals surface area contributed by atoms with Crippen molar-refractivity contribution in [1.82, 2.24) is 10.2 Å². The molecule has 0 radical (unpaired) electrons. The highest BCUT2D eigenvalue weighted by Gasteiger charge is 2.17. The van der Waals surface area contributed by atoms with Gasteiger partial charge in [-0.2, -0.15) is 0 Å². The quantitative estimate of drug-likeness (QED) is 0.596. The van der Waals surface area contributed by atoms with Crippen molar-refractivity contribution in [2.24, 2.45) is 11.3 Å². The molecule has 0 rings (SSSR count). The van der Waals surface area contributed by atoms with Crippen LogP contribution in [-0.4, -0.2) is 51.8 Å². The van der Waals surface area contributed by atoms with Crippen molar-refractivity contribution in [1.29, 1.82) is 0 Å². The summed E-state index contributed by atoms with van der Waals surface area (Å²) in [6, 6.07) is 0. The Bertz CT molecular complexity index is 179. The maximum Gasteiger partial charge on any atom is 0.0529 e. The molecule has 0 aromatic rings. The highest BCUT2D eigenvalue weighted by Crippen LogP contribution is 2.14. The van der Waals surface area contributed by atoms with E-state index in [4.69, 9.17) is 4.74 Å². The molecular weight excluding hydrogens is 212 g/mol. The first-order valence-corrected chi connectivity index (χ1v) is 6.77. The van der Waals surface area contributed by atoms with Crippen LogP contribution in [0.15, 0.2) is 0 Å². The van der Waals surface area contributed by atoms with Gasteiger partial charge in [-0.05, 0) is 39.5 Å². The number of nitrogens with zero attached hydrogens (tertiary/aromatic N) is 1. The Morgan fingerprint density at radius 1 is 1.24 bits per heavy atom. The van der Waals surface area contributed by atoms with E-state index in [0.29, 0.717) is 5.92 Å². The fourth-order valence-corrected chi connectivity index (χ4v) is 1.58. The van der Waals surface area contributed by atoms with Crippen molar-refractivity contribution in [3.63, 3.8) is 0 Å². The van der Waals surface area contributed by atoms with Crippen molar-refractivity contribution in [3.8, 4) is 0 Å². The molecule has 104 valence electrons. The van der Waals surface area contributed by atoms with Gasteiger partial charge in [0.15, 0.2) is 0 Å². The Labute approximate surface area is 108 Å². The molecule has 1 N–H and O–H groups in total. The van der Waals surface area contributed by atoms with Crippen LogP contribution in [0.4, 0.5) is 0 Å². The normalized spacial score (nSPS) is 12.7. The van der Waals surface area contributed by atoms with Crippen LogP contribution in [0.2, 0.25) is 0 Å². The van der Waals surface area contributed by atoms with E-state index < -0.39 is 0 Å². The standard InChI is InChI=1S/C14H32N2O/c1-13(2)10-15-11-14(3,4)12-17-9-7-8-16(5)6/h13,15H,7-12H2,1-6H3. The lowest BCUT2D eigenvalue weighted by Gasteiger charge is -2.25. The zero-order valence-electron chi connectivity index (χ0n) is 12.7. The van der Waals surface area contributed by atoms with Gasteiger partial charge in [0.25, 0.3) is 0 Å². The van der Waals surface area contributed by atoms with Gasteiger partial charge in [-0.15, -0.1) is 0 Å². The van der Waals surface area contributed by atoms with E-state index in [9.17, 15) is 0 Å². The molecule has 0 aromatic carbocycles. The zero-order chi connectivity index (χ0) is 13.3. The molecule has 0 spiro atoms. The molecule has 0 aliphatic heterocycles. The van der Waals surface area contributed by atoms with Gasteiger partial charge in [-0.3, -0.25) is 0 Å². The lowest BCUT2D eigenvalue weighted by atomic mass is 9.94. The second-order valence-corrected chi connectivity index (χ2v) is 6.40. The average molecular weight is 244 g/mol. The molecule has 3 heteroatoms. The van der Waals surface area contributed by atoms with Gasteiger partial charge >= 0.3 is 0 Å². The van der Waals surface area contributed by atoms with Crippen molar-refractivity contribution in [3.05, 3.63) is 0 Å². The van der Waals surface area contributed by atoms with Crippen LogP contribution in [0.1, 0.15) is 34.1 Å². The summed E-state index contributed by atoms with van der Waals surface area (Å²) >= 11 is 0. The summed E-state index contributed by atoms with van der Waals surface area (Å²) in [5.74, 6) is 0.715. The molecule has 17 heavy (non-hydrogen) atoms. The zero-order valence-corrected chi connectivity index (χ0v) is 12.7. The summed E-state index contributed by atoms with van der Waals surface area (Å²) in [4.78, 5) is 2.19. The Hall–Kier alpha value is -0.120. The number of nitrogens with one attached hydrogen (secondary N) is 1. The van der Waals surface area contributed by atoms with Gasteiger partial charge in [0.05, 0.1) is 6.61 Å². The van der Waals surface area contributed by atoms with Crippen molar-refractivity contribution >= 4 is 0 Å². The molecule has 0 amide bonds. The fourth-order valence-electron chi connectivity index (χ4n) is 1.58. The van der Waals surface area contributed by atoms with E-state index in [1.54, 1.807) is 0 Å². The molecule has 0 atom stereocenters. The molecular formula is C14H32N2O. The maximum atomic E-state index is 5.74. The summed E-state index contributed by atoms with van der Waals surface area (Å²) in [6.07, 6.45) is 1.11. The minimum Gasteiger partial charge on any atom is -0.381 e. The topological polar surface area (TPSA) is 24.5 Å². The second-order valence-electron chi connectivity index (χ2n) is 6.40. The third-order valence-corrected chi connectivity index (χ3v) is 2.54. The lowest BCUT2D eigenvalue weighted by molar-refractivity contribution is 0.0577. The Morgan fingerprint density at radius 2 is 1.88 bits per heavy atom. The third-order valence-electron chi connectivity index (χ3n) is 2.54. The Morgan fingerprint density at radius 3 is 2.41 bits per heavy atom. The van der Waals surface area contributed by atoms with E-state index >= 15 is 0 Å². The summed E-state index contributed by atoms with van der Waals surface area (Å²) in [5.41, 5.74) is 0.229. The molecule has 0 saturated carbocycles. The molecule has 0 aliphatic rings. The highest BCUT2D eigenvalue weighted by atomic mass is 16.5. The molecule has 0 aromatic heterocycles. The van der Waals surface area contributed by atoms with Gasteiger partial charge in [0.2, 0.25) is 0 Å². The third kappa shape index (κ3) is 12.1. The molecule has 0 heterocycles. The molecule has 0 fully saturated rings. The van der Waals surface area contributed by atoms with Crippen molar-refractivity contribution in [2.45, 2.75) is 34.1 Å². The maximum absolute atomic E-state index is 5.74. The van der Waals surface area contributed by atoms with Crippen LogP contribution < -0.4 is 5.32 Å². The summed E-state index contributed by atoms with van der Waals surface area (Å²) in [6.45, 7) is 13.9. The van der Waals surface area contributed by atoms with Gasteiger partial charge in [-0.1, -0.05) is 27.7 Å². The monoisotopic (exact) mass is 244 g/mol. The summed E-state index contributed by atoms with van der Waals surface area (Å²) in [7, 11) is 4.19. The average Bonchev–Trinajstić information content (AvgIpc) is 2.15. The SMILES string of the molecule is CC(C)CNCC(C)(C)COCCCN(C)C. The van der Waals surface area contributed by atoms with E-state index in [1.165, 1.54) is 0 Å². The van der Waals surface area contributed by atoms with E-state index in [-0.39, 0.29) is 5.41 Å². The number of hydrogen-bond donors (Lipinski definition) is 1. The predicted octanol–water partition coefficient (Wildman–Crippen LogP) is 2.23. The van der Waals surface area contributed by atoms with E-state index in [1.807, 2.05) is 0 Å². The first kappa shape index (κ1) is 16.9. The summed E-state index contributed by atoms with van der Waals surface area (Å²) < 4.78 is 5.74. The molecule has 0 unspecified atom stereocenters. The molecule has 0 saturated heterocycles. The van der Waals surface area contributed by atoms with E-state index in [0.717, 1.165) is 39.3 Å². The van der Waals surface area contributed by atoms with Crippen LogP contribution in [0, 0.1) is 11.3 Å². The highest BCUT2D eigenvalue weighted by molar-refractivity contribution is 4.71. The molecule has 3 nitrogen and oxygen atoms in total. The Kier molecular flexibility index (Phi) is 8.83. The Balaban J connectivity index is 3.50. The first-order chi connectivity index (χ1) is 7.83. The van der Waals surface area contributed by atoms with Gasteiger partial charge < -0.3 is 15.0 Å². The largest absolute Gasteiger partial charge is 0.381 e. The smallest absolute Gasteiger partial charge is 0.0529 e. The number of hydrogen-bond acceptors (Lipinski definition) is 3. The van der Waals surface area contributed by atoms with Crippen molar-refractivity contribution < 1.29 is 4.74 Å². The van der Waals surface area contributed by atoms with Crippen LogP contribution in [0.5, 0.6) is 0 Å². The van der Waals surface area contributed by atoms with Gasteiger partial charge in [0.1, 0.15) is 0 Å². The number of ether oxygens (including phenoxy) is 1. The van der Waals surface area contributed by atoms with Crippen molar-refractivity contribution in [2.75, 3.05) is 46.9 Å². The second kappa shape index (κ2) is 8.90. The molecule has 0 bridgehead atoms. The van der Waals surface area contributed by atoms with E-state index in [2.05, 4.69) is 52.0 Å². The molecule has 0 aliphatic carbocycles. The van der Waals surface area contributed by atoms with Gasteiger partial charge in [-0.25, -0.2) is 0 Å². The van der Waals surface area contributed by atoms with Crippen LogP contribution in [0.25, 0.3) is 0 Å². The van der Waals surface area contributed by atoms with Crippen LogP contribution >= 0.6 is 0 Å². The minimum atomic E-state index is 0.229.